The van der Waals surface area contributed by atoms with Crippen molar-refractivity contribution in [2.75, 3.05) is 30.3 Å². The molecule has 2 aliphatic rings. The van der Waals surface area contributed by atoms with Crippen molar-refractivity contribution >= 4 is 46.1 Å². The second-order valence-corrected chi connectivity index (χ2v) is 17.4. The SMILES string of the molecule is CCCCC(CC)CSc1nc2n(c(=O)n1)C(=Nc1ccc(N(CC)CC(O)C(O)C(O)C(O)CO)cc1C)C(c1ccccc1)=C2C(=O)OC1C(C)CC(C)CC1C. The topological polar surface area (TPSA) is 191 Å². The largest absolute Gasteiger partial charge is 0.458 e. The zero-order chi connectivity index (χ0) is 43.0. The van der Waals surface area contributed by atoms with E-state index in [1.165, 1.54) is 16.3 Å². The molecule has 0 amide bonds. The molecule has 0 spiro atoms. The third kappa shape index (κ3) is 10.9. The summed E-state index contributed by atoms with van der Waals surface area (Å²) in [6.45, 7) is 14.1. The fourth-order valence-corrected chi connectivity index (χ4v) is 9.49. The number of allylic oxidation sites excluding steroid dienone is 1. The standard InChI is InChI=1S/C45H63N5O8S/c1-8-11-15-30(9-2)25-59-44-47-42-37(43(56)58-40-28(6)20-26(4)21-29(40)7)36(31-16-13-12-14-17-31)41(50(42)45(57)48-44)46-33-19-18-32(22-27(33)5)49(10-3)23-34(52)38(54)39(55)35(53)24-51/h12-14,16-19,22,26,28-30,34-35,38-40,51-55H,8-11,15,20-21,23-25H2,1-7H3. The van der Waals surface area contributed by atoms with Crippen LogP contribution in [0.15, 0.2) is 63.5 Å². The van der Waals surface area contributed by atoms with Gasteiger partial charge in [0.15, 0.2) is 16.8 Å². The van der Waals surface area contributed by atoms with Crippen molar-refractivity contribution in [1.29, 1.82) is 0 Å². The van der Waals surface area contributed by atoms with Crippen LogP contribution in [0.2, 0.25) is 0 Å². The van der Waals surface area contributed by atoms with Gasteiger partial charge in [0.1, 0.15) is 30.0 Å². The van der Waals surface area contributed by atoms with Gasteiger partial charge >= 0.3 is 11.7 Å². The predicted octanol–water partition coefficient (Wildman–Crippen LogP) is 5.63. The summed E-state index contributed by atoms with van der Waals surface area (Å²) >= 11 is 1.43. The molecule has 322 valence electrons. The highest BCUT2D eigenvalue weighted by atomic mass is 32.2. The number of esters is 1. The number of aliphatic hydroxyl groups is 5. The van der Waals surface area contributed by atoms with Crippen LogP contribution in [0.25, 0.3) is 11.1 Å². The van der Waals surface area contributed by atoms with Gasteiger partial charge in [0.2, 0.25) is 0 Å². The molecule has 0 bridgehead atoms. The Kier molecular flexibility index (Phi) is 16.5. The molecule has 1 fully saturated rings. The number of carbonyl (C=O) groups excluding carboxylic acids is 1. The molecule has 1 saturated carbocycles. The lowest BCUT2D eigenvalue weighted by molar-refractivity contribution is -0.150. The summed E-state index contributed by atoms with van der Waals surface area (Å²) in [4.78, 5) is 45.3. The number of anilines is 1. The molecule has 0 saturated heterocycles. The van der Waals surface area contributed by atoms with Gasteiger partial charge in [-0.25, -0.2) is 24.1 Å². The van der Waals surface area contributed by atoms with E-state index in [9.17, 15) is 35.1 Å². The van der Waals surface area contributed by atoms with E-state index in [-0.39, 0.29) is 41.7 Å². The summed E-state index contributed by atoms with van der Waals surface area (Å²) in [6.07, 6.45) is -0.650. The van der Waals surface area contributed by atoms with Gasteiger partial charge in [-0.15, -0.1) is 0 Å². The van der Waals surface area contributed by atoms with E-state index in [0.717, 1.165) is 44.3 Å². The van der Waals surface area contributed by atoms with Gasteiger partial charge in [-0.2, -0.15) is 4.98 Å². The van der Waals surface area contributed by atoms with Gasteiger partial charge in [0.05, 0.1) is 18.4 Å². The van der Waals surface area contributed by atoms with Gasteiger partial charge < -0.3 is 35.2 Å². The number of hydrogen-bond acceptors (Lipinski definition) is 13. The molecule has 3 aromatic rings. The molecule has 5 N–H and O–H groups in total. The Morgan fingerprint density at radius 2 is 1.66 bits per heavy atom. The average molecular weight is 834 g/mol. The first-order valence-corrected chi connectivity index (χ1v) is 22.1. The van der Waals surface area contributed by atoms with Gasteiger partial charge in [-0.3, -0.25) is 0 Å². The maximum atomic E-state index is 14.7. The van der Waals surface area contributed by atoms with Crippen LogP contribution in [0.3, 0.4) is 0 Å². The van der Waals surface area contributed by atoms with E-state index in [4.69, 9.17) is 14.7 Å². The zero-order valence-electron chi connectivity index (χ0n) is 35.5. The number of benzene rings is 2. The fourth-order valence-electron chi connectivity index (χ4n) is 8.41. The summed E-state index contributed by atoms with van der Waals surface area (Å²) in [5.41, 5.74) is 2.54. The quantitative estimate of drug-likeness (QED) is 0.0740. The summed E-state index contributed by atoms with van der Waals surface area (Å²) in [6, 6.07) is 14.8. The van der Waals surface area contributed by atoms with Crippen LogP contribution in [0.4, 0.5) is 11.4 Å². The Bertz CT molecular complexity index is 2000. The van der Waals surface area contributed by atoms with Crippen molar-refractivity contribution in [3.63, 3.8) is 0 Å². The number of likely N-dealkylation sites (N-methyl/N-ethyl adjacent to an activating group) is 1. The molecule has 0 radical (unpaired) electrons. The molecule has 1 aliphatic heterocycles. The first-order chi connectivity index (χ1) is 28.2. The molecular formula is C45H63N5O8S. The lowest BCUT2D eigenvalue weighted by atomic mass is 9.75. The predicted molar refractivity (Wildman–Crippen MR) is 233 cm³/mol. The van der Waals surface area contributed by atoms with Crippen molar-refractivity contribution in [1.82, 2.24) is 14.5 Å². The molecule has 5 rings (SSSR count). The number of hydrogen-bond donors (Lipinski definition) is 5. The van der Waals surface area contributed by atoms with E-state index >= 15 is 0 Å². The number of nitrogens with zero attached hydrogens (tertiary/aromatic N) is 5. The van der Waals surface area contributed by atoms with Crippen molar-refractivity contribution in [3.8, 4) is 0 Å². The molecular weight excluding hydrogens is 771 g/mol. The number of aromatic nitrogens is 3. The zero-order valence-corrected chi connectivity index (χ0v) is 36.3. The monoisotopic (exact) mass is 833 g/mol. The second-order valence-electron chi connectivity index (χ2n) is 16.4. The highest BCUT2D eigenvalue weighted by Gasteiger charge is 2.41. The van der Waals surface area contributed by atoms with Crippen molar-refractivity contribution in [2.45, 2.75) is 123 Å². The number of aliphatic hydroxyl groups excluding tert-OH is 5. The molecule has 59 heavy (non-hydrogen) atoms. The van der Waals surface area contributed by atoms with Crippen molar-refractivity contribution < 1.29 is 35.1 Å². The van der Waals surface area contributed by atoms with Gasteiger partial charge in [0, 0.05) is 30.1 Å². The van der Waals surface area contributed by atoms with Crippen LogP contribution < -0.4 is 10.6 Å². The summed E-state index contributed by atoms with van der Waals surface area (Å²) in [7, 11) is 0. The Morgan fingerprint density at radius 3 is 2.27 bits per heavy atom. The minimum Gasteiger partial charge on any atom is -0.458 e. The first kappa shape index (κ1) is 46.2. The van der Waals surface area contributed by atoms with E-state index in [0.29, 0.717) is 51.6 Å². The molecule has 7 atom stereocenters. The number of aliphatic imine (C=N–C) groups is 1. The van der Waals surface area contributed by atoms with Crippen LogP contribution in [0, 0.1) is 30.6 Å². The summed E-state index contributed by atoms with van der Waals surface area (Å²) in [5, 5.41) is 50.7. The van der Waals surface area contributed by atoms with Crippen molar-refractivity contribution in [2.24, 2.45) is 28.7 Å². The average Bonchev–Trinajstić information content (AvgIpc) is 3.55. The first-order valence-electron chi connectivity index (χ1n) is 21.2. The highest BCUT2D eigenvalue weighted by Crippen LogP contribution is 2.40. The summed E-state index contributed by atoms with van der Waals surface area (Å²) < 4.78 is 7.76. The molecule has 13 nitrogen and oxygen atoms in total. The van der Waals surface area contributed by atoms with Gasteiger partial charge in [0.25, 0.3) is 0 Å². The van der Waals surface area contributed by atoms with Crippen LogP contribution in [-0.2, 0) is 9.53 Å². The van der Waals surface area contributed by atoms with E-state index in [1.54, 1.807) is 17.0 Å². The number of unbranched alkanes of at least 4 members (excludes halogenated alkanes) is 1. The number of aryl methyl sites for hydroxylation is 1. The molecule has 1 aromatic heterocycles. The Hall–Kier alpha value is -3.92. The van der Waals surface area contributed by atoms with E-state index in [2.05, 4.69) is 39.6 Å². The van der Waals surface area contributed by atoms with Crippen LogP contribution in [0.1, 0.15) is 97.0 Å². The van der Waals surface area contributed by atoms with Crippen LogP contribution >= 0.6 is 11.8 Å². The third-order valence-corrected chi connectivity index (χ3v) is 12.8. The minimum atomic E-state index is -1.74. The molecule has 2 heterocycles. The van der Waals surface area contributed by atoms with E-state index in [1.807, 2.05) is 50.2 Å². The Labute approximate surface area is 352 Å². The van der Waals surface area contributed by atoms with E-state index < -0.39 is 42.7 Å². The number of fused-ring (bicyclic) bond motifs is 1. The third-order valence-electron chi connectivity index (χ3n) is 11.8. The lowest BCUT2D eigenvalue weighted by Crippen LogP contribution is -2.49. The number of rotatable bonds is 19. The Balaban J connectivity index is 1.61. The normalized spacial score (nSPS) is 22.5. The second kappa shape index (κ2) is 21.0. The smallest absolute Gasteiger partial charge is 0.357 e. The fraction of sp³-hybridized carbons (Fsp3) is 0.578. The minimum absolute atomic E-state index is 0.0816. The molecule has 1 aliphatic carbocycles. The maximum Gasteiger partial charge on any atom is 0.357 e. The summed E-state index contributed by atoms with van der Waals surface area (Å²) in [5.74, 6) is 1.77. The lowest BCUT2D eigenvalue weighted by Gasteiger charge is -2.37. The highest BCUT2D eigenvalue weighted by molar-refractivity contribution is 7.99. The number of thioether (sulfide) groups is 1. The number of ether oxygens (including phenoxy) is 1. The van der Waals surface area contributed by atoms with Crippen molar-refractivity contribution in [3.05, 3.63) is 76.0 Å². The van der Waals surface area contributed by atoms with Gasteiger partial charge in [-0.05, 0) is 86.1 Å². The Morgan fingerprint density at radius 1 is 0.983 bits per heavy atom. The molecule has 14 heteroatoms. The molecule has 7 unspecified atom stereocenters. The maximum absolute atomic E-state index is 14.7. The molecule has 2 aromatic carbocycles. The van der Waals surface area contributed by atoms with Gasteiger partial charge in [-0.1, -0.05) is 96.0 Å². The van der Waals surface area contributed by atoms with Crippen LogP contribution in [0.5, 0.6) is 0 Å². The van der Waals surface area contributed by atoms with Crippen LogP contribution in [-0.4, -0.2) is 108 Å². The number of carbonyl (C=O) groups is 1.